The number of tetrazole rings is 1. The first-order valence-electron chi connectivity index (χ1n) is 16.0. The molecule has 0 spiro atoms. The van der Waals surface area contributed by atoms with Crippen LogP contribution in [0.5, 0.6) is 0 Å². The second-order valence-electron chi connectivity index (χ2n) is 12.4. The largest absolute Gasteiger partial charge is 0.490 e. The smallest absolute Gasteiger partial charge is 0.475 e. The van der Waals surface area contributed by atoms with Gasteiger partial charge in [-0.05, 0) is 53.5 Å². The lowest BCUT2D eigenvalue weighted by molar-refractivity contribution is -0.192. The number of carbonyl (C=O) groups excluding carboxylic acids is 4. The molecular weight excluding hydrogens is 689 g/mol. The number of carboxylic acids is 1. The number of halogens is 5. The summed E-state index contributed by atoms with van der Waals surface area (Å²) in [6, 6.07) is 2.37. The number of aliphatic carboxylic acids is 1. The van der Waals surface area contributed by atoms with E-state index in [0.717, 1.165) is 42.8 Å². The molecule has 4 amide bonds. The summed E-state index contributed by atoms with van der Waals surface area (Å²) in [6.45, 7) is 1.59. The molecule has 5 heterocycles. The maximum absolute atomic E-state index is 15.5. The lowest BCUT2D eigenvalue weighted by Crippen LogP contribution is -2.54. The van der Waals surface area contributed by atoms with Crippen LogP contribution in [-0.4, -0.2) is 108 Å². The number of rotatable bonds is 6. The summed E-state index contributed by atoms with van der Waals surface area (Å²) in [4.78, 5) is 68.0. The van der Waals surface area contributed by atoms with E-state index in [2.05, 4.69) is 30.7 Å². The molecule has 2 aromatic heterocycles. The number of pyridine rings is 1. The molecule has 1 saturated carbocycles. The van der Waals surface area contributed by atoms with Crippen LogP contribution in [0, 0.1) is 11.6 Å². The van der Waals surface area contributed by atoms with Gasteiger partial charge in [-0.25, -0.2) is 18.3 Å². The van der Waals surface area contributed by atoms with E-state index in [-0.39, 0.29) is 35.7 Å². The highest BCUT2D eigenvalue weighted by molar-refractivity contribution is 6.23. The van der Waals surface area contributed by atoms with Gasteiger partial charge in [0.1, 0.15) is 17.7 Å². The number of aromatic nitrogens is 5. The van der Waals surface area contributed by atoms with Crippen molar-refractivity contribution >= 4 is 35.3 Å². The Kier molecular flexibility index (Phi) is 9.78. The number of piperidine rings is 1. The summed E-state index contributed by atoms with van der Waals surface area (Å²) >= 11 is 0. The first kappa shape index (κ1) is 35.4. The molecule has 3 fully saturated rings. The van der Waals surface area contributed by atoms with Crippen LogP contribution in [0.1, 0.15) is 82.7 Å². The van der Waals surface area contributed by atoms with Gasteiger partial charge >= 0.3 is 12.1 Å². The van der Waals surface area contributed by atoms with E-state index in [1.54, 1.807) is 11.1 Å². The minimum absolute atomic E-state index is 0.00654. The Hall–Kier alpha value is -5.40. The van der Waals surface area contributed by atoms with Crippen molar-refractivity contribution in [3.8, 4) is 0 Å². The van der Waals surface area contributed by atoms with Crippen LogP contribution in [0.15, 0.2) is 30.6 Å². The summed E-state index contributed by atoms with van der Waals surface area (Å²) in [6.07, 6.45) is 1.75. The number of amides is 4. The number of benzene rings is 1. The molecule has 20 heteroatoms. The van der Waals surface area contributed by atoms with Crippen molar-refractivity contribution in [1.29, 1.82) is 0 Å². The first-order chi connectivity index (χ1) is 24.2. The molecule has 2 atom stereocenters. The Balaban J connectivity index is 0.000000582. The van der Waals surface area contributed by atoms with Crippen molar-refractivity contribution in [1.82, 2.24) is 40.3 Å². The van der Waals surface area contributed by atoms with Gasteiger partial charge in [0.25, 0.3) is 11.8 Å². The fraction of sp³-hybridized carbons (Fsp3) is 0.452. The van der Waals surface area contributed by atoms with Gasteiger partial charge in [-0.15, -0.1) is 5.10 Å². The molecule has 2 N–H and O–H groups in total. The molecule has 3 aromatic rings. The van der Waals surface area contributed by atoms with E-state index in [1.165, 1.54) is 12.1 Å². The van der Waals surface area contributed by atoms with Crippen LogP contribution in [0.3, 0.4) is 0 Å². The Morgan fingerprint density at radius 3 is 2.18 bits per heavy atom. The van der Waals surface area contributed by atoms with Gasteiger partial charge in [-0.2, -0.15) is 13.2 Å². The topological polar surface area (TPSA) is 184 Å². The zero-order chi connectivity index (χ0) is 36.6. The number of imide groups is 2. The highest BCUT2D eigenvalue weighted by Crippen LogP contribution is 2.36. The minimum atomic E-state index is -5.08. The number of hydrogen-bond donors (Lipinski definition) is 2. The molecule has 2 saturated heterocycles. The molecule has 0 bridgehead atoms. The van der Waals surface area contributed by atoms with Crippen molar-refractivity contribution in [2.75, 3.05) is 31.1 Å². The van der Waals surface area contributed by atoms with Crippen molar-refractivity contribution in [2.45, 2.75) is 62.8 Å². The predicted octanol–water partition coefficient (Wildman–Crippen LogP) is 2.41. The van der Waals surface area contributed by atoms with Crippen LogP contribution in [0.4, 0.5) is 27.6 Å². The minimum Gasteiger partial charge on any atom is -0.475 e. The third-order valence-electron chi connectivity index (χ3n) is 9.24. The second kappa shape index (κ2) is 14.1. The molecule has 4 aliphatic rings. The van der Waals surface area contributed by atoms with E-state index in [9.17, 15) is 36.7 Å². The first-order valence-corrected chi connectivity index (χ1v) is 16.0. The fourth-order valence-corrected chi connectivity index (χ4v) is 6.83. The third kappa shape index (κ3) is 7.12. The van der Waals surface area contributed by atoms with E-state index < -0.39 is 59.5 Å². The third-order valence-corrected chi connectivity index (χ3v) is 9.24. The monoisotopic (exact) mass is 719 g/mol. The van der Waals surface area contributed by atoms with Gasteiger partial charge in [-0.1, -0.05) is 12.8 Å². The Bertz CT molecular complexity index is 1870. The van der Waals surface area contributed by atoms with Gasteiger partial charge < -0.3 is 10.0 Å². The van der Waals surface area contributed by atoms with E-state index in [1.807, 2.05) is 4.68 Å². The number of anilines is 1. The van der Waals surface area contributed by atoms with Crippen LogP contribution < -0.4 is 10.2 Å². The molecule has 0 radical (unpaired) electrons. The Labute approximate surface area is 285 Å². The molecular formula is C31H30F5N9O6. The van der Waals surface area contributed by atoms with Gasteiger partial charge in [0.15, 0.2) is 5.82 Å². The standard InChI is InChI=1S/C29H29F2N9O4.C2HF3O2/c30-17-11-16(14-32-15-17)25(26-34-35-36-40(26)18-3-1-2-4-18)38-9-7-37(8-10-38)23-13-20-19(12-21(23)31)28(43)39(29(20)44)22-5-6-24(41)33-27(22)42;3-2(4,5)1(6)7/h11-15,18,22,25H,1-10H2,(H,33,41,42);(H,6,7). The number of fused-ring (bicyclic) bond motifs is 1. The number of hydrogen-bond acceptors (Lipinski definition) is 11. The van der Waals surface area contributed by atoms with Gasteiger partial charge in [0, 0.05) is 38.8 Å². The number of nitrogens with zero attached hydrogens (tertiary/aromatic N) is 8. The zero-order valence-corrected chi connectivity index (χ0v) is 26.6. The molecule has 270 valence electrons. The van der Waals surface area contributed by atoms with Crippen molar-refractivity contribution in [2.24, 2.45) is 0 Å². The van der Waals surface area contributed by atoms with E-state index >= 15 is 4.39 Å². The number of carboxylic acid groups (broad SMARTS) is 1. The van der Waals surface area contributed by atoms with Gasteiger partial charge in [0.05, 0.1) is 35.1 Å². The molecule has 7 rings (SSSR count). The molecule has 1 aromatic carbocycles. The normalized spacial score (nSPS) is 20.6. The maximum Gasteiger partial charge on any atom is 0.490 e. The van der Waals surface area contributed by atoms with Crippen molar-refractivity contribution in [3.63, 3.8) is 0 Å². The Morgan fingerprint density at radius 1 is 0.922 bits per heavy atom. The van der Waals surface area contributed by atoms with Crippen molar-refractivity contribution in [3.05, 3.63) is 64.7 Å². The lowest BCUT2D eigenvalue weighted by Gasteiger charge is -2.40. The van der Waals surface area contributed by atoms with E-state index in [0.29, 0.717) is 37.6 Å². The average Bonchev–Trinajstić information content (AvgIpc) is 3.83. The maximum atomic E-state index is 15.5. The molecule has 2 unspecified atom stereocenters. The highest BCUT2D eigenvalue weighted by Gasteiger charge is 2.45. The van der Waals surface area contributed by atoms with Gasteiger partial charge in [-0.3, -0.25) is 39.3 Å². The molecule has 15 nitrogen and oxygen atoms in total. The summed E-state index contributed by atoms with van der Waals surface area (Å²) < 4.78 is 63.4. The Morgan fingerprint density at radius 2 is 1.57 bits per heavy atom. The number of nitrogens with one attached hydrogen (secondary N) is 1. The zero-order valence-electron chi connectivity index (χ0n) is 26.6. The van der Waals surface area contributed by atoms with Crippen LogP contribution >= 0.6 is 0 Å². The van der Waals surface area contributed by atoms with Crippen LogP contribution in [0.2, 0.25) is 0 Å². The number of piperazine rings is 1. The predicted molar refractivity (Wildman–Crippen MR) is 162 cm³/mol. The summed E-state index contributed by atoms with van der Waals surface area (Å²) in [7, 11) is 0. The fourth-order valence-electron chi connectivity index (χ4n) is 6.83. The number of carbonyl (C=O) groups is 5. The average molecular weight is 720 g/mol. The summed E-state index contributed by atoms with van der Waals surface area (Å²) in [5.74, 6) is -5.96. The van der Waals surface area contributed by atoms with Gasteiger partial charge in [0.2, 0.25) is 11.8 Å². The highest BCUT2D eigenvalue weighted by atomic mass is 19.4. The van der Waals surface area contributed by atoms with Crippen LogP contribution in [-0.2, 0) is 14.4 Å². The van der Waals surface area contributed by atoms with Crippen molar-refractivity contribution < 1.29 is 51.0 Å². The second-order valence-corrected chi connectivity index (χ2v) is 12.4. The molecule has 1 aliphatic carbocycles. The molecule has 3 aliphatic heterocycles. The lowest BCUT2D eigenvalue weighted by atomic mass is 10.0. The van der Waals surface area contributed by atoms with Crippen LogP contribution in [0.25, 0.3) is 0 Å². The summed E-state index contributed by atoms with van der Waals surface area (Å²) in [5, 5.41) is 21.9. The summed E-state index contributed by atoms with van der Waals surface area (Å²) in [5.41, 5.74) is 0.665. The van der Waals surface area contributed by atoms with E-state index in [4.69, 9.17) is 9.90 Å². The number of alkyl halides is 3. The molecule has 51 heavy (non-hydrogen) atoms. The SMILES string of the molecule is O=C(O)C(F)(F)F.O=C1CCC(N2C(=O)c3cc(F)c(N4CCN(C(c5cncc(F)c5)c5nnnn5C5CCCC5)CC4)cc3C2=O)C(=O)N1. The quantitative estimate of drug-likeness (QED) is 0.281.